The van der Waals surface area contributed by atoms with Crippen LogP contribution in [0.3, 0.4) is 0 Å². The van der Waals surface area contributed by atoms with Gasteiger partial charge in [-0.1, -0.05) is 12.1 Å². The lowest BCUT2D eigenvalue weighted by Gasteiger charge is -2.28. The minimum absolute atomic E-state index is 0.0802. The summed E-state index contributed by atoms with van der Waals surface area (Å²) < 4.78 is 13.8. The lowest BCUT2D eigenvalue weighted by molar-refractivity contribution is 0.240. The monoisotopic (exact) mass is 350 g/mol. The summed E-state index contributed by atoms with van der Waals surface area (Å²) >= 11 is 0. The highest BCUT2D eigenvalue weighted by molar-refractivity contribution is 5.54. The first-order chi connectivity index (χ1) is 12.6. The number of nitrogens with one attached hydrogen (secondary N) is 1. The molecule has 4 rings (SSSR count). The maximum absolute atomic E-state index is 13.8. The zero-order valence-electron chi connectivity index (χ0n) is 14.5. The molecule has 1 aliphatic heterocycles. The lowest BCUT2D eigenvalue weighted by Crippen LogP contribution is -2.35. The summed E-state index contributed by atoms with van der Waals surface area (Å²) in [7, 11) is 0. The zero-order valence-corrected chi connectivity index (χ0v) is 14.5. The first-order valence-electron chi connectivity index (χ1n) is 8.60. The van der Waals surface area contributed by atoms with Crippen molar-refractivity contribution < 1.29 is 4.39 Å². The van der Waals surface area contributed by atoms with Crippen LogP contribution in [0.2, 0.25) is 0 Å². The smallest absolute Gasteiger partial charge is 0.254 e. The van der Waals surface area contributed by atoms with E-state index in [-0.39, 0.29) is 11.4 Å². The van der Waals surface area contributed by atoms with Crippen LogP contribution in [-0.4, -0.2) is 26.4 Å². The molecule has 1 aliphatic rings. The minimum atomic E-state index is -0.186. The van der Waals surface area contributed by atoms with Gasteiger partial charge < -0.3 is 4.98 Å². The molecule has 132 valence electrons. The van der Waals surface area contributed by atoms with Crippen LogP contribution in [0.5, 0.6) is 0 Å². The molecule has 3 heterocycles. The van der Waals surface area contributed by atoms with Gasteiger partial charge in [0.25, 0.3) is 5.56 Å². The van der Waals surface area contributed by atoms with Crippen LogP contribution >= 0.6 is 0 Å². The molecule has 26 heavy (non-hydrogen) atoms. The normalized spacial score (nSPS) is 14.2. The van der Waals surface area contributed by atoms with Crippen LogP contribution in [0.1, 0.15) is 22.4 Å². The molecule has 5 nitrogen and oxygen atoms in total. The molecular formula is C20H19FN4O. The number of fused-ring (bicyclic) bond motifs is 1. The largest absolute Gasteiger partial charge is 0.306 e. The first kappa shape index (κ1) is 16.6. The average Bonchev–Trinajstić information content (AvgIpc) is 2.66. The third-order valence-corrected chi connectivity index (χ3v) is 4.88. The van der Waals surface area contributed by atoms with Gasteiger partial charge in [0, 0.05) is 43.2 Å². The summed E-state index contributed by atoms with van der Waals surface area (Å²) in [5, 5.41) is 0. The maximum Gasteiger partial charge on any atom is 0.254 e. The Balaban J connectivity index is 1.63. The highest BCUT2D eigenvalue weighted by Gasteiger charge is 2.22. The van der Waals surface area contributed by atoms with Crippen molar-refractivity contribution in [2.45, 2.75) is 26.4 Å². The third-order valence-electron chi connectivity index (χ3n) is 4.88. The molecule has 6 heteroatoms. The standard InChI is InChI=1S/C20H19FN4O/c1-13-15(3-2-4-17(13)21)11-25-10-7-16-18(12-25)23-19(24-20(16)26)14-5-8-22-9-6-14/h2-6,8-9H,7,10-12H2,1H3,(H,23,24,26). The van der Waals surface area contributed by atoms with Gasteiger partial charge in [0.05, 0.1) is 5.69 Å². The molecule has 0 bridgehead atoms. The van der Waals surface area contributed by atoms with E-state index in [1.165, 1.54) is 6.07 Å². The van der Waals surface area contributed by atoms with E-state index >= 15 is 0 Å². The van der Waals surface area contributed by atoms with Crippen molar-refractivity contribution in [3.8, 4) is 11.4 Å². The summed E-state index contributed by atoms with van der Waals surface area (Å²) in [6, 6.07) is 8.80. The molecule has 0 fully saturated rings. The van der Waals surface area contributed by atoms with E-state index in [1.54, 1.807) is 25.4 Å². The molecule has 1 aromatic carbocycles. The molecular weight excluding hydrogens is 331 g/mol. The van der Waals surface area contributed by atoms with Crippen LogP contribution in [0.15, 0.2) is 47.5 Å². The predicted molar refractivity (Wildman–Crippen MR) is 97.0 cm³/mol. The lowest BCUT2D eigenvalue weighted by atomic mass is 10.0. The van der Waals surface area contributed by atoms with Crippen LogP contribution in [0.25, 0.3) is 11.4 Å². The summed E-state index contributed by atoms with van der Waals surface area (Å²) in [5.41, 5.74) is 3.93. The van der Waals surface area contributed by atoms with E-state index in [4.69, 9.17) is 0 Å². The van der Waals surface area contributed by atoms with Crippen molar-refractivity contribution in [3.05, 3.63) is 81.3 Å². The van der Waals surface area contributed by atoms with Crippen molar-refractivity contribution >= 4 is 0 Å². The highest BCUT2D eigenvalue weighted by atomic mass is 19.1. The first-order valence-corrected chi connectivity index (χ1v) is 8.60. The van der Waals surface area contributed by atoms with Gasteiger partial charge >= 0.3 is 0 Å². The number of benzene rings is 1. The van der Waals surface area contributed by atoms with Crippen molar-refractivity contribution in [2.24, 2.45) is 0 Å². The molecule has 0 unspecified atom stereocenters. The predicted octanol–water partition coefficient (Wildman–Crippen LogP) is 2.84. The minimum Gasteiger partial charge on any atom is -0.306 e. The topological polar surface area (TPSA) is 61.9 Å². The summed E-state index contributed by atoms with van der Waals surface area (Å²) in [6.07, 6.45) is 3.99. The number of hydrogen-bond donors (Lipinski definition) is 1. The molecule has 1 N–H and O–H groups in total. The molecule has 0 atom stereocenters. The second kappa shape index (κ2) is 6.80. The molecule has 0 spiro atoms. The molecule has 0 radical (unpaired) electrons. The molecule has 0 saturated heterocycles. The molecule has 2 aromatic heterocycles. The number of H-pyrrole nitrogens is 1. The molecule has 3 aromatic rings. The van der Waals surface area contributed by atoms with Crippen LogP contribution in [0.4, 0.5) is 4.39 Å². The number of pyridine rings is 1. The van der Waals surface area contributed by atoms with Gasteiger partial charge in [0.15, 0.2) is 0 Å². The fourth-order valence-electron chi connectivity index (χ4n) is 3.34. The van der Waals surface area contributed by atoms with Crippen molar-refractivity contribution in [1.82, 2.24) is 19.9 Å². The Morgan fingerprint density at radius 3 is 2.85 bits per heavy atom. The Morgan fingerprint density at radius 1 is 1.23 bits per heavy atom. The second-order valence-corrected chi connectivity index (χ2v) is 6.56. The van der Waals surface area contributed by atoms with Crippen LogP contribution < -0.4 is 5.56 Å². The van der Waals surface area contributed by atoms with Gasteiger partial charge in [-0.3, -0.25) is 14.7 Å². The van der Waals surface area contributed by atoms with Crippen LogP contribution in [0, 0.1) is 12.7 Å². The van der Waals surface area contributed by atoms with Gasteiger partial charge in [-0.2, -0.15) is 0 Å². The van der Waals surface area contributed by atoms with Crippen LogP contribution in [-0.2, 0) is 19.5 Å². The van der Waals surface area contributed by atoms with E-state index in [2.05, 4.69) is 19.9 Å². The van der Waals surface area contributed by atoms with Gasteiger partial charge in [-0.15, -0.1) is 0 Å². The second-order valence-electron chi connectivity index (χ2n) is 6.56. The Morgan fingerprint density at radius 2 is 2.04 bits per heavy atom. The number of rotatable bonds is 3. The summed E-state index contributed by atoms with van der Waals surface area (Å²) in [5.74, 6) is 0.370. The Hall–Kier alpha value is -2.86. The van der Waals surface area contributed by atoms with Gasteiger partial charge in [0.1, 0.15) is 11.6 Å². The SMILES string of the molecule is Cc1c(F)cccc1CN1CCc2c(nc(-c3ccncc3)[nH]c2=O)C1. The fraction of sp³-hybridized carbons (Fsp3) is 0.250. The highest BCUT2D eigenvalue weighted by Crippen LogP contribution is 2.21. The summed E-state index contributed by atoms with van der Waals surface area (Å²) in [4.78, 5) is 26.2. The number of aromatic nitrogens is 3. The Labute approximate surface area is 150 Å². The van der Waals surface area contributed by atoms with Crippen molar-refractivity contribution in [3.63, 3.8) is 0 Å². The maximum atomic E-state index is 13.8. The van der Waals surface area contributed by atoms with Gasteiger partial charge in [-0.05, 0) is 42.7 Å². The van der Waals surface area contributed by atoms with Crippen molar-refractivity contribution in [2.75, 3.05) is 6.54 Å². The van der Waals surface area contributed by atoms with E-state index in [9.17, 15) is 9.18 Å². The van der Waals surface area contributed by atoms with E-state index in [1.807, 2.05) is 18.2 Å². The Bertz CT molecular complexity index is 1000. The van der Waals surface area contributed by atoms with E-state index in [0.717, 1.165) is 28.9 Å². The Kier molecular flexibility index (Phi) is 4.34. The molecule has 0 saturated carbocycles. The van der Waals surface area contributed by atoms with Gasteiger partial charge in [-0.25, -0.2) is 9.37 Å². The average molecular weight is 350 g/mol. The number of hydrogen-bond acceptors (Lipinski definition) is 4. The quantitative estimate of drug-likeness (QED) is 0.789. The molecule has 0 amide bonds. The van der Waals surface area contributed by atoms with Gasteiger partial charge in [0.2, 0.25) is 0 Å². The van der Waals surface area contributed by atoms with E-state index in [0.29, 0.717) is 30.9 Å². The number of nitrogens with zero attached hydrogens (tertiary/aromatic N) is 3. The fourth-order valence-corrected chi connectivity index (χ4v) is 3.34. The van der Waals surface area contributed by atoms with Crippen molar-refractivity contribution in [1.29, 1.82) is 0 Å². The summed E-state index contributed by atoms with van der Waals surface area (Å²) in [6.45, 7) is 3.77. The number of aromatic amines is 1. The zero-order chi connectivity index (χ0) is 18.1. The van der Waals surface area contributed by atoms with E-state index < -0.39 is 0 Å². The molecule has 0 aliphatic carbocycles. The third kappa shape index (κ3) is 3.15. The number of halogens is 1.